The molecule has 1 fully saturated rings. The number of nitrogens with zero attached hydrogens (tertiary/aromatic N) is 6. The number of piperidine rings is 1. The third-order valence-electron chi connectivity index (χ3n) is 7.50. The largest absolute Gasteiger partial charge is 0.496 e. The van der Waals surface area contributed by atoms with Crippen LogP contribution in [0.25, 0.3) is 22.5 Å². The maximum atomic E-state index is 13.6. The third kappa shape index (κ3) is 4.55. The molecule has 2 aromatic heterocycles. The summed E-state index contributed by atoms with van der Waals surface area (Å²) >= 11 is 0. The first-order valence-corrected chi connectivity index (χ1v) is 13.1. The van der Waals surface area contributed by atoms with Crippen LogP contribution in [0, 0.1) is 0 Å². The lowest BCUT2D eigenvalue weighted by Gasteiger charge is -2.44. The number of likely N-dealkylation sites (tertiary alicyclic amines) is 1. The van der Waals surface area contributed by atoms with Gasteiger partial charge in [0, 0.05) is 55.9 Å². The first-order chi connectivity index (χ1) is 19.4. The number of rotatable bonds is 6. The Labute approximate surface area is 230 Å². The van der Waals surface area contributed by atoms with E-state index in [2.05, 4.69) is 25.7 Å². The highest BCUT2D eigenvalue weighted by Gasteiger charge is 2.44. The van der Waals surface area contributed by atoms with Crippen molar-refractivity contribution in [3.63, 3.8) is 0 Å². The number of amides is 1. The molecule has 2 aliphatic heterocycles. The van der Waals surface area contributed by atoms with Gasteiger partial charge in [0.2, 0.25) is 0 Å². The average molecular weight is 544 g/mol. The molecule has 40 heavy (non-hydrogen) atoms. The number of H-pyrrole nitrogens is 1. The molecule has 4 heterocycles. The SMILES string of the molecule is CCOc1cc(C(=O)N2CCC3(CC2)CC(=O)c2cc(-c4nnn[nH]4)ccc2O3)cc(OC)c1-c1cnn(C)c1. The van der Waals surface area contributed by atoms with Crippen molar-refractivity contribution < 1.29 is 23.8 Å². The van der Waals surface area contributed by atoms with Gasteiger partial charge in [-0.1, -0.05) is 0 Å². The van der Waals surface area contributed by atoms with Crippen LogP contribution in [-0.2, 0) is 7.05 Å². The Bertz CT molecular complexity index is 1570. The molecule has 1 N–H and O–H groups in total. The minimum atomic E-state index is -0.644. The Balaban J connectivity index is 1.20. The highest BCUT2D eigenvalue weighted by atomic mass is 16.5. The van der Waals surface area contributed by atoms with Crippen LogP contribution in [0.2, 0.25) is 0 Å². The van der Waals surface area contributed by atoms with Gasteiger partial charge in [0.15, 0.2) is 11.6 Å². The molecule has 2 aliphatic rings. The van der Waals surface area contributed by atoms with Crippen LogP contribution >= 0.6 is 0 Å². The van der Waals surface area contributed by atoms with E-state index in [1.54, 1.807) is 47.2 Å². The van der Waals surface area contributed by atoms with Crippen molar-refractivity contribution in [1.29, 1.82) is 0 Å². The van der Waals surface area contributed by atoms with Crippen LogP contribution in [-0.4, -0.2) is 79.4 Å². The van der Waals surface area contributed by atoms with Crippen molar-refractivity contribution in [3.8, 4) is 39.8 Å². The standard InChI is InChI=1S/C28H29N7O5/c1-4-39-24-13-18(12-23(38-3)25(24)19-15-29-34(2)16-19)27(37)35-9-7-28(8-10-35)14-21(36)20-11-17(5-6-22(20)40-28)26-30-32-33-31-26/h5-6,11-13,15-16H,4,7-10,14H2,1-3H3,(H,30,31,32,33). The minimum Gasteiger partial charge on any atom is -0.496 e. The third-order valence-corrected chi connectivity index (χ3v) is 7.50. The molecular formula is C28H29N7O5. The van der Waals surface area contributed by atoms with Crippen molar-refractivity contribution >= 4 is 11.7 Å². The summed E-state index contributed by atoms with van der Waals surface area (Å²) in [5, 5.41) is 18.1. The number of hydrogen-bond acceptors (Lipinski definition) is 9. The maximum Gasteiger partial charge on any atom is 0.254 e. The van der Waals surface area contributed by atoms with E-state index in [1.165, 1.54) is 0 Å². The van der Waals surface area contributed by atoms with Crippen molar-refractivity contribution in [3.05, 3.63) is 53.9 Å². The number of aromatic amines is 1. The number of aryl methyl sites for hydroxylation is 1. The zero-order valence-corrected chi connectivity index (χ0v) is 22.5. The molecule has 0 radical (unpaired) electrons. The summed E-state index contributed by atoms with van der Waals surface area (Å²) in [5.41, 5.74) is 2.65. The van der Waals surface area contributed by atoms with Crippen molar-refractivity contribution in [1.82, 2.24) is 35.3 Å². The summed E-state index contributed by atoms with van der Waals surface area (Å²) in [5.74, 6) is 2.01. The molecule has 0 atom stereocenters. The Kier molecular flexibility index (Phi) is 6.45. The number of aromatic nitrogens is 6. The zero-order chi connectivity index (χ0) is 27.9. The average Bonchev–Trinajstić information content (AvgIpc) is 3.65. The number of ether oxygens (including phenoxy) is 3. The van der Waals surface area contributed by atoms with Gasteiger partial charge in [-0.3, -0.25) is 14.3 Å². The second-order valence-corrected chi connectivity index (χ2v) is 10.0. The van der Waals surface area contributed by atoms with Crippen LogP contribution in [0.15, 0.2) is 42.7 Å². The lowest BCUT2D eigenvalue weighted by molar-refractivity contribution is -0.00571. The number of carbonyl (C=O) groups excluding carboxylic acids is 2. The molecule has 12 heteroatoms. The number of fused-ring (bicyclic) bond motifs is 1. The molecule has 1 amide bonds. The van der Waals surface area contributed by atoms with Crippen molar-refractivity contribution in [2.24, 2.45) is 7.05 Å². The highest BCUT2D eigenvalue weighted by Crippen LogP contribution is 2.42. The summed E-state index contributed by atoms with van der Waals surface area (Å²) < 4.78 is 19.7. The molecular weight excluding hydrogens is 514 g/mol. The Morgan fingerprint density at radius 3 is 2.62 bits per heavy atom. The Morgan fingerprint density at radius 2 is 1.95 bits per heavy atom. The minimum absolute atomic E-state index is 0.00688. The lowest BCUT2D eigenvalue weighted by Crippen LogP contribution is -2.52. The van der Waals surface area contributed by atoms with Crippen LogP contribution in [0.3, 0.4) is 0 Å². The number of benzene rings is 2. The molecule has 12 nitrogen and oxygen atoms in total. The van der Waals surface area contributed by atoms with E-state index in [0.717, 1.165) is 11.1 Å². The quantitative estimate of drug-likeness (QED) is 0.388. The van der Waals surface area contributed by atoms with Gasteiger partial charge in [-0.05, 0) is 47.7 Å². The van der Waals surface area contributed by atoms with Crippen molar-refractivity contribution in [2.75, 3.05) is 26.8 Å². The summed E-state index contributed by atoms with van der Waals surface area (Å²) in [4.78, 5) is 28.6. The maximum absolute atomic E-state index is 13.6. The fraction of sp³-hybridized carbons (Fsp3) is 0.357. The molecule has 2 aromatic carbocycles. The lowest BCUT2D eigenvalue weighted by atomic mass is 9.82. The molecule has 0 aliphatic carbocycles. The van der Waals surface area contributed by atoms with E-state index < -0.39 is 5.60 Å². The van der Waals surface area contributed by atoms with E-state index in [-0.39, 0.29) is 18.1 Å². The summed E-state index contributed by atoms with van der Waals surface area (Å²) in [6.07, 6.45) is 4.95. The number of hydrogen-bond donors (Lipinski definition) is 1. The monoisotopic (exact) mass is 543 g/mol. The molecule has 0 bridgehead atoms. The van der Waals surface area contributed by atoms with E-state index in [4.69, 9.17) is 14.2 Å². The van der Waals surface area contributed by atoms with Gasteiger partial charge in [-0.2, -0.15) is 5.10 Å². The molecule has 1 spiro atoms. The summed E-state index contributed by atoms with van der Waals surface area (Å²) in [6.45, 7) is 3.25. The van der Waals surface area contributed by atoms with Gasteiger partial charge in [-0.25, -0.2) is 5.10 Å². The van der Waals surface area contributed by atoms with Gasteiger partial charge in [0.25, 0.3) is 5.91 Å². The summed E-state index contributed by atoms with van der Waals surface area (Å²) in [6, 6.07) is 8.87. The molecule has 4 aromatic rings. The molecule has 6 rings (SSSR count). The normalized spacial score (nSPS) is 16.0. The number of tetrazole rings is 1. The molecule has 0 unspecified atom stereocenters. The Hall–Kier alpha value is -4.74. The number of methoxy groups -OCH3 is 1. The highest BCUT2D eigenvalue weighted by molar-refractivity contribution is 6.01. The van der Waals surface area contributed by atoms with Gasteiger partial charge >= 0.3 is 0 Å². The number of ketones is 1. The van der Waals surface area contributed by atoms with Crippen LogP contribution in [0.1, 0.15) is 46.9 Å². The van der Waals surface area contributed by atoms with Gasteiger partial charge < -0.3 is 19.1 Å². The first-order valence-electron chi connectivity index (χ1n) is 13.1. The Morgan fingerprint density at radius 1 is 1.15 bits per heavy atom. The second kappa shape index (κ2) is 10.1. The molecule has 206 valence electrons. The zero-order valence-electron chi connectivity index (χ0n) is 22.5. The van der Waals surface area contributed by atoms with Crippen molar-refractivity contribution in [2.45, 2.75) is 31.8 Å². The van der Waals surface area contributed by atoms with E-state index in [9.17, 15) is 9.59 Å². The van der Waals surface area contributed by atoms with E-state index >= 15 is 0 Å². The predicted octanol–water partition coefficient (Wildman–Crippen LogP) is 3.31. The van der Waals surface area contributed by atoms with Crippen LogP contribution < -0.4 is 14.2 Å². The van der Waals surface area contributed by atoms with Gasteiger partial charge in [0.1, 0.15) is 22.8 Å². The molecule has 1 saturated heterocycles. The second-order valence-electron chi connectivity index (χ2n) is 10.0. The fourth-order valence-corrected chi connectivity index (χ4v) is 5.48. The smallest absolute Gasteiger partial charge is 0.254 e. The van der Waals surface area contributed by atoms with Gasteiger partial charge in [-0.15, -0.1) is 5.10 Å². The predicted molar refractivity (Wildman–Crippen MR) is 143 cm³/mol. The van der Waals surface area contributed by atoms with Gasteiger partial charge in [0.05, 0.1) is 37.5 Å². The fourth-order valence-electron chi connectivity index (χ4n) is 5.48. The number of carbonyl (C=O) groups is 2. The van der Waals surface area contributed by atoms with Crippen LogP contribution in [0.4, 0.5) is 0 Å². The van der Waals surface area contributed by atoms with Crippen LogP contribution in [0.5, 0.6) is 17.2 Å². The number of nitrogens with one attached hydrogen (secondary N) is 1. The van der Waals surface area contributed by atoms with E-state index in [0.29, 0.717) is 72.3 Å². The van der Waals surface area contributed by atoms with E-state index in [1.807, 2.05) is 26.2 Å². The molecule has 0 saturated carbocycles. The number of Topliss-reactive ketones (excluding diaryl/α,β-unsaturated/α-hetero) is 1. The summed E-state index contributed by atoms with van der Waals surface area (Å²) in [7, 11) is 3.41. The first kappa shape index (κ1) is 25.5. The topological polar surface area (TPSA) is 137 Å².